The lowest BCUT2D eigenvalue weighted by molar-refractivity contribution is -0.136. The molecule has 476 valence electrons. The number of phenolic OH excluding ortho intramolecular Hbond substituents is 4. The molecule has 0 fully saturated rings. The molecule has 23 nitrogen and oxygen atoms in total. The van der Waals surface area contributed by atoms with Crippen molar-refractivity contribution in [1.29, 1.82) is 0 Å². The molecule has 0 aliphatic carbocycles. The Labute approximate surface area is 515 Å². The van der Waals surface area contributed by atoms with Crippen LogP contribution in [0.3, 0.4) is 0 Å². The van der Waals surface area contributed by atoms with Gasteiger partial charge in [-0.15, -0.1) is 0 Å². The van der Waals surface area contributed by atoms with Gasteiger partial charge in [-0.3, -0.25) is 34.8 Å². The number of carboxylic acids is 1. The van der Waals surface area contributed by atoms with E-state index in [0.29, 0.717) is 41.8 Å². The van der Waals surface area contributed by atoms with Crippen molar-refractivity contribution in [3.05, 3.63) is 168 Å². The molecule has 0 saturated heterocycles. The van der Waals surface area contributed by atoms with E-state index in [1.165, 1.54) is 18.2 Å². The van der Waals surface area contributed by atoms with Crippen LogP contribution in [0, 0.1) is 13.8 Å². The fourth-order valence-electron chi connectivity index (χ4n) is 6.54. The van der Waals surface area contributed by atoms with Gasteiger partial charge in [-0.2, -0.15) is 0 Å². The molecule has 0 aliphatic rings. The second-order valence-electron chi connectivity index (χ2n) is 20.7. The summed E-state index contributed by atoms with van der Waals surface area (Å²) < 4.78 is 9.80. The molecule has 6 aromatic rings. The predicted molar refractivity (Wildman–Crippen MR) is 345 cm³/mol. The molecule has 0 unspecified atom stereocenters. The van der Waals surface area contributed by atoms with Crippen LogP contribution in [0.5, 0.6) is 23.0 Å². The molecular weight excluding hydrogens is 1130 g/mol. The largest absolute Gasteiger partial charge is 0.508 e. The van der Waals surface area contributed by atoms with Crippen LogP contribution in [0.25, 0.3) is 0 Å². The number of aliphatic imine (C=N–C) groups is 1. The molecule has 0 aliphatic heterocycles. The van der Waals surface area contributed by atoms with Crippen LogP contribution in [-0.2, 0) is 28.7 Å². The average molecular weight is 1220 g/mol. The van der Waals surface area contributed by atoms with Gasteiger partial charge in [0.1, 0.15) is 40.7 Å². The summed E-state index contributed by atoms with van der Waals surface area (Å²) in [7, 11) is 0. The molecule has 0 aromatic heterocycles. The van der Waals surface area contributed by atoms with Crippen LogP contribution in [0.15, 0.2) is 151 Å². The summed E-state index contributed by atoms with van der Waals surface area (Å²) in [5.41, 5.74) is 12.4. The van der Waals surface area contributed by atoms with Crippen molar-refractivity contribution in [2.75, 3.05) is 67.2 Å². The number of hydrogen-bond acceptors (Lipinski definition) is 20. The summed E-state index contributed by atoms with van der Waals surface area (Å²) in [4.78, 5) is 82.0. The number of carbonyl (C=O) groups is 7. The number of alkyl carbamates (subject to hydrolysis) is 2. The van der Waals surface area contributed by atoms with Crippen molar-refractivity contribution < 1.29 is 68.6 Å². The lowest BCUT2D eigenvalue weighted by atomic mass is 10.0. The SMILES string of the molecule is CC(C)(C)OC(=O)NCC(=O)CNc1ccccc1.CC(C)(C)OC(=O)NCC(=O)O.CCC(=NCC(=O)CNc1ccccc1)c1ccc(O)c(C)c1O.CCC(=O)c1ccc(O)c(C)c1O.NCC(=O)CNc1ccccc1.NNc1ccccc1. The number of ether oxygens (including phenoxy) is 2. The fraction of sp³-hybridized carbons (Fsp3) is 0.323. The number of aromatic hydroxyl groups is 4. The topological polar surface area (TPSA) is 376 Å². The van der Waals surface area contributed by atoms with Crippen LogP contribution >= 0.6 is 0 Å². The van der Waals surface area contributed by atoms with Crippen LogP contribution in [0.4, 0.5) is 32.3 Å². The van der Waals surface area contributed by atoms with Gasteiger partial charge in [0.25, 0.3) is 0 Å². The average Bonchev–Trinajstić information content (AvgIpc) is 1.58. The molecule has 15 N–H and O–H groups in total. The van der Waals surface area contributed by atoms with Crippen LogP contribution in [0.1, 0.15) is 95.3 Å². The number of amides is 2. The van der Waals surface area contributed by atoms with Gasteiger partial charge in [0, 0.05) is 51.6 Å². The normalized spacial score (nSPS) is 10.4. The maximum Gasteiger partial charge on any atom is 0.408 e. The number of nitrogens with zero attached hydrogens (tertiary/aromatic N) is 1. The Morgan fingerprint density at radius 1 is 0.477 bits per heavy atom. The number of hydrazine groups is 1. The number of phenols is 4. The van der Waals surface area contributed by atoms with Gasteiger partial charge < -0.3 is 72.7 Å². The highest BCUT2D eigenvalue weighted by Gasteiger charge is 2.18. The minimum absolute atomic E-state index is 0.00477. The summed E-state index contributed by atoms with van der Waals surface area (Å²) in [6.45, 7) is 17.6. The molecule has 6 aromatic carbocycles. The first-order valence-corrected chi connectivity index (χ1v) is 27.9. The van der Waals surface area contributed by atoms with Crippen molar-refractivity contribution in [2.24, 2.45) is 16.6 Å². The van der Waals surface area contributed by atoms with E-state index in [-0.39, 0.29) is 84.4 Å². The number of aliphatic carboxylic acids is 1. The summed E-state index contributed by atoms with van der Waals surface area (Å²) in [5, 5.41) is 60.2. The molecule has 0 spiro atoms. The summed E-state index contributed by atoms with van der Waals surface area (Å²) in [5.74, 6) is 3.66. The highest BCUT2D eigenvalue weighted by atomic mass is 16.6. The summed E-state index contributed by atoms with van der Waals surface area (Å²) in [6.07, 6.45) is -0.375. The third kappa shape index (κ3) is 34.1. The van der Waals surface area contributed by atoms with Gasteiger partial charge >= 0.3 is 18.2 Å². The Morgan fingerprint density at radius 2 is 0.841 bits per heavy atom. The maximum atomic E-state index is 12.0. The van der Waals surface area contributed by atoms with Crippen LogP contribution in [-0.4, -0.2) is 130 Å². The van der Waals surface area contributed by atoms with E-state index in [9.17, 15) is 54.0 Å². The van der Waals surface area contributed by atoms with E-state index in [0.717, 1.165) is 22.7 Å². The van der Waals surface area contributed by atoms with E-state index in [4.69, 9.17) is 26.2 Å². The zero-order chi connectivity index (χ0) is 66.2. The van der Waals surface area contributed by atoms with E-state index in [2.05, 4.69) is 37.0 Å². The number of anilines is 4. The van der Waals surface area contributed by atoms with E-state index < -0.39 is 35.9 Å². The fourth-order valence-corrected chi connectivity index (χ4v) is 6.54. The maximum absolute atomic E-state index is 12.0. The minimum Gasteiger partial charge on any atom is -0.508 e. The zero-order valence-electron chi connectivity index (χ0n) is 51.7. The molecule has 0 saturated carbocycles. The first kappa shape index (κ1) is 76.0. The first-order valence-electron chi connectivity index (χ1n) is 27.9. The number of nitrogens with two attached hydrogens (primary N) is 2. The van der Waals surface area contributed by atoms with Crippen molar-refractivity contribution >= 4 is 69.7 Å². The number of benzene rings is 6. The number of nitrogens with one attached hydrogen (secondary N) is 6. The van der Waals surface area contributed by atoms with Gasteiger partial charge in [0.15, 0.2) is 23.1 Å². The highest BCUT2D eigenvalue weighted by Crippen LogP contribution is 2.31. The summed E-state index contributed by atoms with van der Waals surface area (Å²) >= 11 is 0. The molecule has 0 atom stereocenters. The monoisotopic (exact) mass is 1220 g/mol. The molecule has 88 heavy (non-hydrogen) atoms. The van der Waals surface area contributed by atoms with Crippen molar-refractivity contribution in [2.45, 2.75) is 93.3 Å². The van der Waals surface area contributed by atoms with Crippen molar-refractivity contribution in [3.8, 4) is 23.0 Å². The number of nitrogen functional groups attached to an aromatic ring is 1. The molecule has 23 heteroatoms. The third-order valence-corrected chi connectivity index (χ3v) is 11.1. The first-order chi connectivity index (χ1) is 41.5. The lowest BCUT2D eigenvalue weighted by Crippen LogP contribution is -2.37. The minimum atomic E-state index is -1.10. The Hall–Kier alpha value is -10.0. The van der Waals surface area contributed by atoms with Gasteiger partial charge in [0.05, 0.1) is 44.8 Å². The Morgan fingerprint density at radius 3 is 1.19 bits per heavy atom. The molecule has 6 rings (SSSR count). The third-order valence-electron chi connectivity index (χ3n) is 11.1. The van der Waals surface area contributed by atoms with Gasteiger partial charge in [0.2, 0.25) is 0 Å². The van der Waals surface area contributed by atoms with Crippen LogP contribution < -0.4 is 43.6 Å². The number of para-hydroxylation sites is 4. The van der Waals surface area contributed by atoms with E-state index >= 15 is 0 Å². The van der Waals surface area contributed by atoms with Crippen molar-refractivity contribution in [3.63, 3.8) is 0 Å². The summed E-state index contributed by atoms with van der Waals surface area (Å²) in [6, 6.07) is 44.1. The molecule has 2 amide bonds. The molecule has 0 radical (unpaired) electrons. The predicted octanol–water partition coefficient (Wildman–Crippen LogP) is 9.67. The quantitative estimate of drug-likeness (QED) is 0.0138. The highest BCUT2D eigenvalue weighted by molar-refractivity contribution is 6.04. The van der Waals surface area contributed by atoms with Crippen LogP contribution in [0.2, 0.25) is 0 Å². The Bertz CT molecular complexity index is 3120. The van der Waals surface area contributed by atoms with Gasteiger partial charge in [-0.25, -0.2) is 9.59 Å². The number of ketones is 4. The number of carboxylic acid groups (broad SMARTS) is 1. The lowest BCUT2D eigenvalue weighted by Gasteiger charge is -2.19. The second-order valence-corrected chi connectivity index (χ2v) is 20.7. The Kier molecular flexibility index (Phi) is 35.5. The zero-order valence-corrected chi connectivity index (χ0v) is 51.7. The smallest absolute Gasteiger partial charge is 0.408 e. The standard InChI is InChI=1S/C19H22N2O3.C14H20N2O3.C10H12O3.C9H12N2O.C7H13NO4.C6H8N2/c1-3-17(16-9-10-18(23)13(2)19(16)24)21-12-15(22)11-20-14-7-5-4-6-8-14;1-14(2,3)19-13(18)16-10-12(17)9-15-11-7-5-4-6-8-11;1-3-8(11)7-4-5-9(12)6(2)10(7)13;10-6-9(12)7-11-8-4-2-1-3-5-8;1-7(2,3)12-6(11)8-4-5(9)10;7-8-6-4-2-1-3-5-6/h4-10,20,23-24H,3,11-12H2,1-2H3;4-8,15H,9-10H2,1-3H3,(H,16,18);4-5,12-13H,3H2,1-2H3;1-5,11H,6-7,10H2;4H2,1-3H3,(H,8,11)(H,9,10);1-5,8H,7H2. The molecular formula is C65H87N9O14. The number of Topliss-reactive ketones (excluding diaryl/α,β-unsaturated/α-hetero) is 4. The molecule has 0 heterocycles. The second kappa shape index (κ2) is 41.1. The van der Waals surface area contributed by atoms with E-state index in [1.54, 1.807) is 68.4 Å². The number of hydrogen-bond donors (Lipinski definition) is 13. The van der Waals surface area contributed by atoms with Gasteiger partial charge in [-0.05, 0) is 135 Å². The van der Waals surface area contributed by atoms with Crippen molar-refractivity contribution in [1.82, 2.24) is 10.6 Å². The van der Waals surface area contributed by atoms with Gasteiger partial charge in [-0.1, -0.05) is 86.6 Å². The van der Waals surface area contributed by atoms with E-state index in [1.807, 2.05) is 128 Å². The molecule has 0 bridgehead atoms. The Balaban J connectivity index is 0.000000546. The number of rotatable bonds is 21. The number of carbonyl (C=O) groups excluding carboxylic acids is 6.